The highest BCUT2D eigenvalue weighted by molar-refractivity contribution is 5.91. The SMILES string of the molecule is COc1ccc(C(NC(=O)C(C)NC(=O)C2CCCC2)C(=O)O)cc1. The van der Waals surface area contributed by atoms with Gasteiger partial charge in [0.2, 0.25) is 11.8 Å². The van der Waals surface area contributed by atoms with Crippen molar-refractivity contribution in [2.45, 2.75) is 44.7 Å². The van der Waals surface area contributed by atoms with Crippen LogP contribution in [-0.4, -0.2) is 36.0 Å². The van der Waals surface area contributed by atoms with Crippen LogP contribution in [0.4, 0.5) is 0 Å². The number of nitrogens with one attached hydrogen (secondary N) is 2. The molecule has 0 aromatic heterocycles. The van der Waals surface area contributed by atoms with Crippen molar-refractivity contribution in [2.24, 2.45) is 5.92 Å². The monoisotopic (exact) mass is 348 g/mol. The third-order valence-corrected chi connectivity index (χ3v) is 4.46. The van der Waals surface area contributed by atoms with Crippen molar-refractivity contribution >= 4 is 17.8 Å². The van der Waals surface area contributed by atoms with Gasteiger partial charge in [0.05, 0.1) is 7.11 Å². The van der Waals surface area contributed by atoms with Gasteiger partial charge < -0.3 is 20.5 Å². The maximum Gasteiger partial charge on any atom is 0.330 e. The van der Waals surface area contributed by atoms with Crippen molar-refractivity contribution in [3.8, 4) is 5.75 Å². The third-order valence-electron chi connectivity index (χ3n) is 4.46. The molecular formula is C18H24N2O5. The van der Waals surface area contributed by atoms with E-state index in [1.807, 2.05) is 0 Å². The molecule has 1 aromatic carbocycles. The highest BCUT2D eigenvalue weighted by atomic mass is 16.5. The van der Waals surface area contributed by atoms with Gasteiger partial charge in [0.15, 0.2) is 6.04 Å². The van der Waals surface area contributed by atoms with Gasteiger partial charge in [0.25, 0.3) is 0 Å². The molecule has 1 saturated carbocycles. The fourth-order valence-corrected chi connectivity index (χ4v) is 2.94. The molecule has 0 aliphatic heterocycles. The number of hydrogen-bond acceptors (Lipinski definition) is 4. The van der Waals surface area contributed by atoms with Crippen LogP contribution in [0.2, 0.25) is 0 Å². The van der Waals surface area contributed by atoms with Gasteiger partial charge >= 0.3 is 5.97 Å². The average Bonchev–Trinajstić information content (AvgIpc) is 3.14. The van der Waals surface area contributed by atoms with Gasteiger partial charge in [-0.1, -0.05) is 25.0 Å². The summed E-state index contributed by atoms with van der Waals surface area (Å²) in [5.74, 6) is -1.30. The lowest BCUT2D eigenvalue weighted by molar-refractivity contribution is -0.142. The summed E-state index contributed by atoms with van der Waals surface area (Å²) in [6, 6.07) is 4.43. The molecule has 1 aliphatic carbocycles. The molecule has 2 rings (SSSR count). The van der Waals surface area contributed by atoms with Crippen LogP contribution in [0.25, 0.3) is 0 Å². The minimum atomic E-state index is -1.19. The number of methoxy groups -OCH3 is 1. The molecule has 0 spiro atoms. The Hall–Kier alpha value is -2.57. The Kier molecular flexibility index (Phi) is 6.38. The molecular weight excluding hydrogens is 324 g/mol. The number of rotatable bonds is 7. The molecule has 1 aromatic rings. The minimum absolute atomic E-state index is 0.0490. The topological polar surface area (TPSA) is 105 Å². The number of carbonyl (C=O) groups is 3. The lowest BCUT2D eigenvalue weighted by atomic mass is 10.1. The normalized spacial score (nSPS) is 16.7. The fraction of sp³-hybridized carbons (Fsp3) is 0.500. The predicted molar refractivity (Wildman–Crippen MR) is 91.1 cm³/mol. The molecule has 0 heterocycles. The van der Waals surface area contributed by atoms with E-state index in [0.29, 0.717) is 11.3 Å². The second-order valence-electron chi connectivity index (χ2n) is 6.26. The number of carboxylic acid groups (broad SMARTS) is 1. The lowest BCUT2D eigenvalue weighted by Crippen LogP contribution is -2.48. The first kappa shape index (κ1) is 18.8. The van der Waals surface area contributed by atoms with Crippen LogP contribution in [0.15, 0.2) is 24.3 Å². The molecule has 3 N–H and O–H groups in total. The van der Waals surface area contributed by atoms with Gasteiger partial charge in [-0.25, -0.2) is 4.79 Å². The van der Waals surface area contributed by atoms with E-state index in [1.54, 1.807) is 31.2 Å². The van der Waals surface area contributed by atoms with Crippen LogP contribution in [-0.2, 0) is 14.4 Å². The molecule has 2 unspecified atom stereocenters. The van der Waals surface area contributed by atoms with Crippen LogP contribution >= 0.6 is 0 Å². The van der Waals surface area contributed by atoms with Crippen molar-refractivity contribution in [1.29, 1.82) is 0 Å². The number of hydrogen-bond donors (Lipinski definition) is 3. The Morgan fingerprint density at radius 2 is 1.72 bits per heavy atom. The summed E-state index contributed by atoms with van der Waals surface area (Å²) in [5.41, 5.74) is 0.427. The van der Waals surface area contributed by atoms with Gasteiger partial charge in [-0.3, -0.25) is 9.59 Å². The van der Waals surface area contributed by atoms with Crippen molar-refractivity contribution in [3.05, 3.63) is 29.8 Å². The van der Waals surface area contributed by atoms with Gasteiger partial charge in [0.1, 0.15) is 11.8 Å². The number of carbonyl (C=O) groups excluding carboxylic acids is 2. The number of carboxylic acids is 1. The maximum atomic E-state index is 12.3. The van der Waals surface area contributed by atoms with Crippen molar-refractivity contribution < 1.29 is 24.2 Å². The summed E-state index contributed by atoms with van der Waals surface area (Å²) in [6.45, 7) is 1.55. The van der Waals surface area contributed by atoms with Gasteiger partial charge in [-0.05, 0) is 37.5 Å². The van der Waals surface area contributed by atoms with Gasteiger partial charge in [-0.15, -0.1) is 0 Å². The summed E-state index contributed by atoms with van der Waals surface area (Å²) in [5, 5.41) is 14.5. The first-order valence-corrected chi connectivity index (χ1v) is 8.40. The summed E-state index contributed by atoms with van der Waals surface area (Å²) < 4.78 is 5.04. The zero-order valence-electron chi connectivity index (χ0n) is 14.5. The Bertz CT molecular complexity index is 623. The first-order valence-electron chi connectivity index (χ1n) is 8.40. The number of ether oxygens (including phenoxy) is 1. The maximum absolute atomic E-state index is 12.3. The van der Waals surface area contributed by atoms with E-state index >= 15 is 0 Å². The smallest absolute Gasteiger partial charge is 0.330 e. The molecule has 1 fully saturated rings. The highest BCUT2D eigenvalue weighted by Gasteiger charge is 2.28. The van der Waals surface area contributed by atoms with Crippen molar-refractivity contribution in [1.82, 2.24) is 10.6 Å². The molecule has 0 radical (unpaired) electrons. The summed E-state index contributed by atoms with van der Waals surface area (Å²) >= 11 is 0. The molecule has 25 heavy (non-hydrogen) atoms. The van der Waals surface area contributed by atoms with Crippen LogP contribution in [0.5, 0.6) is 5.75 Å². The Morgan fingerprint density at radius 3 is 2.24 bits per heavy atom. The Morgan fingerprint density at radius 1 is 1.12 bits per heavy atom. The molecule has 136 valence electrons. The first-order chi connectivity index (χ1) is 11.9. The Balaban J connectivity index is 1.98. The van der Waals surface area contributed by atoms with Crippen LogP contribution in [0.3, 0.4) is 0 Å². The second kappa shape index (κ2) is 8.50. The lowest BCUT2D eigenvalue weighted by Gasteiger charge is -2.20. The molecule has 7 nitrogen and oxygen atoms in total. The third kappa shape index (κ3) is 4.95. The number of amides is 2. The molecule has 1 aliphatic rings. The molecule has 0 bridgehead atoms. The average molecular weight is 348 g/mol. The Labute approximate surface area is 146 Å². The fourth-order valence-electron chi connectivity index (χ4n) is 2.94. The van der Waals surface area contributed by atoms with Crippen LogP contribution < -0.4 is 15.4 Å². The highest BCUT2D eigenvalue weighted by Crippen LogP contribution is 2.24. The van der Waals surface area contributed by atoms with E-state index in [4.69, 9.17) is 4.74 Å². The number of benzene rings is 1. The van der Waals surface area contributed by atoms with E-state index in [1.165, 1.54) is 7.11 Å². The van der Waals surface area contributed by atoms with Crippen LogP contribution in [0, 0.1) is 5.92 Å². The van der Waals surface area contributed by atoms with Crippen molar-refractivity contribution in [3.63, 3.8) is 0 Å². The summed E-state index contributed by atoms with van der Waals surface area (Å²) in [4.78, 5) is 35.9. The van der Waals surface area contributed by atoms with E-state index in [0.717, 1.165) is 25.7 Å². The largest absolute Gasteiger partial charge is 0.497 e. The van der Waals surface area contributed by atoms with Gasteiger partial charge in [-0.2, -0.15) is 0 Å². The van der Waals surface area contributed by atoms with E-state index in [-0.39, 0.29) is 11.8 Å². The zero-order valence-corrected chi connectivity index (χ0v) is 14.5. The standard InChI is InChI=1S/C18H24N2O5/c1-11(19-17(22)13-5-3-4-6-13)16(21)20-15(18(23)24)12-7-9-14(25-2)10-8-12/h7-11,13,15H,3-6H2,1-2H3,(H,19,22)(H,20,21)(H,23,24). The summed E-state index contributed by atoms with van der Waals surface area (Å²) in [6.07, 6.45) is 3.72. The predicted octanol–water partition coefficient (Wildman–Crippen LogP) is 1.63. The number of aliphatic carboxylic acids is 1. The molecule has 2 atom stereocenters. The molecule has 0 saturated heterocycles. The van der Waals surface area contributed by atoms with E-state index < -0.39 is 24.0 Å². The minimum Gasteiger partial charge on any atom is -0.497 e. The van der Waals surface area contributed by atoms with Crippen LogP contribution in [0.1, 0.15) is 44.2 Å². The van der Waals surface area contributed by atoms with E-state index in [2.05, 4.69) is 10.6 Å². The summed E-state index contributed by atoms with van der Waals surface area (Å²) in [7, 11) is 1.51. The van der Waals surface area contributed by atoms with E-state index in [9.17, 15) is 19.5 Å². The van der Waals surface area contributed by atoms with Gasteiger partial charge in [0, 0.05) is 5.92 Å². The molecule has 7 heteroatoms. The van der Waals surface area contributed by atoms with Crippen molar-refractivity contribution in [2.75, 3.05) is 7.11 Å². The second-order valence-corrected chi connectivity index (χ2v) is 6.26. The molecule has 2 amide bonds. The zero-order chi connectivity index (χ0) is 18.4. The quantitative estimate of drug-likeness (QED) is 0.695.